The molecule has 1 aromatic heterocycles. The zero-order valence-corrected chi connectivity index (χ0v) is 4.80. The quantitative estimate of drug-likeness (QED) is 0.469. The SMILES string of the molecule is OB(O)c1ccsn1. The zero-order chi connectivity index (χ0) is 5.98. The van der Waals surface area contributed by atoms with Crippen LogP contribution < -0.4 is 5.59 Å². The number of hydrogen-bond acceptors (Lipinski definition) is 4. The maximum atomic E-state index is 8.41. The van der Waals surface area contributed by atoms with Crippen LogP contribution in [0.2, 0.25) is 0 Å². The van der Waals surface area contributed by atoms with Gasteiger partial charge in [0.1, 0.15) is 0 Å². The highest BCUT2D eigenvalue weighted by atomic mass is 32.1. The smallest absolute Gasteiger partial charge is 0.422 e. The van der Waals surface area contributed by atoms with Gasteiger partial charge in [-0.15, -0.1) is 0 Å². The van der Waals surface area contributed by atoms with Crippen LogP contribution in [0.5, 0.6) is 0 Å². The minimum absolute atomic E-state index is 0.315. The molecule has 0 aromatic carbocycles. The molecule has 0 aliphatic carbocycles. The molecule has 0 fully saturated rings. The summed E-state index contributed by atoms with van der Waals surface area (Å²) in [5.41, 5.74) is 0.315. The molecule has 1 rings (SSSR count). The Hall–Kier alpha value is -0.385. The van der Waals surface area contributed by atoms with Crippen molar-refractivity contribution in [3.05, 3.63) is 11.4 Å². The van der Waals surface area contributed by atoms with Crippen LogP contribution >= 0.6 is 11.5 Å². The summed E-state index contributed by atoms with van der Waals surface area (Å²) in [6.07, 6.45) is 0. The van der Waals surface area contributed by atoms with Gasteiger partial charge in [-0.1, -0.05) is 0 Å². The lowest BCUT2D eigenvalue weighted by molar-refractivity contribution is 0.424. The molecule has 0 radical (unpaired) electrons. The molecule has 5 heteroatoms. The van der Waals surface area contributed by atoms with Gasteiger partial charge in [0.15, 0.2) is 0 Å². The lowest BCUT2D eigenvalue weighted by Crippen LogP contribution is -2.30. The monoisotopic (exact) mass is 129 g/mol. The third kappa shape index (κ3) is 1.06. The predicted octanol–water partition coefficient (Wildman–Crippen LogP) is -1.18. The molecule has 0 aliphatic heterocycles. The van der Waals surface area contributed by atoms with Gasteiger partial charge >= 0.3 is 7.12 Å². The van der Waals surface area contributed by atoms with E-state index in [0.29, 0.717) is 5.59 Å². The normalized spacial score (nSPS) is 9.25. The van der Waals surface area contributed by atoms with Gasteiger partial charge in [0.2, 0.25) is 0 Å². The van der Waals surface area contributed by atoms with Gasteiger partial charge in [-0.05, 0) is 17.6 Å². The molecule has 42 valence electrons. The maximum absolute atomic E-state index is 8.41. The number of hydrogen-bond donors (Lipinski definition) is 2. The summed E-state index contributed by atoms with van der Waals surface area (Å²) in [5, 5.41) is 18.5. The molecule has 0 saturated heterocycles. The molecule has 0 spiro atoms. The highest BCUT2D eigenvalue weighted by molar-refractivity contribution is 7.04. The fourth-order valence-electron chi connectivity index (χ4n) is 0.355. The van der Waals surface area contributed by atoms with Crippen LogP contribution in [-0.4, -0.2) is 21.5 Å². The van der Waals surface area contributed by atoms with E-state index in [2.05, 4.69) is 4.37 Å². The van der Waals surface area contributed by atoms with Gasteiger partial charge in [0, 0.05) is 5.38 Å². The third-order valence-electron chi connectivity index (χ3n) is 0.722. The number of rotatable bonds is 1. The maximum Gasteiger partial charge on any atom is 0.509 e. The summed E-state index contributed by atoms with van der Waals surface area (Å²) in [6.45, 7) is 0. The molecular weight excluding hydrogens is 125 g/mol. The predicted molar refractivity (Wildman–Crippen MR) is 31.9 cm³/mol. The van der Waals surface area contributed by atoms with E-state index in [1.807, 2.05) is 0 Å². The average Bonchev–Trinajstić information content (AvgIpc) is 2.12. The minimum Gasteiger partial charge on any atom is -0.422 e. The first-order chi connectivity index (χ1) is 3.80. The zero-order valence-electron chi connectivity index (χ0n) is 3.98. The molecule has 0 amide bonds. The van der Waals surface area contributed by atoms with Crippen molar-refractivity contribution < 1.29 is 10.0 Å². The average molecular weight is 129 g/mol. The van der Waals surface area contributed by atoms with Gasteiger partial charge in [-0.3, -0.25) is 0 Å². The first-order valence-corrected chi connectivity index (χ1v) is 2.91. The first-order valence-electron chi connectivity index (χ1n) is 2.07. The van der Waals surface area contributed by atoms with Crippen molar-refractivity contribution >= 4 is 24.2 Å². The van der Waals surface area contributed by atoms with E-state index in [-0.39, 0.29) is 0 Å². The van der Waals surface area contributed by atoms with Crippen LogP contribution in [-0.2, 0) is 0 Å². The largest absolute Gasteiger partial charge is 0.509 e. The van der Waals surface area contributed by atoms with E-state index in [0.717, 1.165) is 0 Å². The molecule has 0 saturated carbocycles. The molecule has 0 unspecified atom stereocenters. The molecule has 1 aromatic rings. The molecule has 2 N–H and O–H groups in total. The van der Waals surface area contributed by atoms with E-state index >= 15 is 0 Å². The fourth-order valence-corrected chi connectivity index (χ4v) is 0.893. The van der Waals surface area contributed by atoms with E-state index in [1.165, 1.54) is 11.5 Å². The van der Waals surface area contributed by atoms with Crippen LogP contribution in [0, 0.1) is 0 Å². The Morgan fingerprint density at radius 3 is 2.62 bits per heavy atom. The Kier molecular flexibility index (Phi) is 1.62. The molecular formula is C3H4BNO2S. The molecule has 8 heavy (non-hydrogen) atoms. The first kappa shape index (κ1) is 5.75. The summed E-state index contributed by atoms with van der Waals surface area (Å²) in [5.74, 6) is 0. The van der Waals surface area contributed by atoms with Crippen LogP contribution in [0.25, 0.3) is 0 Å². The molecule has 0 bridgehead atoms. The summed E-state index contributed by atoms with van der Waals surface area (Å²) in [4.78, 5) is 0. The Morgan fingerprint density at radius 1 is 1.62 bits per heavy atom. The Balaban J connectivity index is 2.77. The lowest BCUT2D eigenvalue weighted by Gasteiger charge is -1.85. The Morgan fingerprint density at radius 2 is 2.38 bits per heavy atom. The van der Waals surface area contributed by atoms with Crippen molar-refractivity contribution in [2.24, 2.45) is 0 Å². The third-order valence-corrected chi connectivity index (χ3v) is 1.30. The van der Waals surface area contributed by atoms with Crippen molar-refractivity contribution in [3.8, 4) is 0 Å². The van der Waals surface area contributed by atoms with Gasteiger partial charge in [-0.25, -0.2) is 4.37 Å². The summed E-state index contributed by atoms with van der Waals surface area (Å²) in [7, 11) is -1.42. The highest BCUT2D eigenvalue weighted by Crippen LogP contribution is 1.85. The summed E-state index contributed by atoms with van der Waals surface area (Å²) >= 11 is 1.20. The second-order valence-electron chi connectivity index (χ2n) is 1.30. The van der Waals surface area contributed by atoms with Gasteiger partial charge in [0.25, 0.3) is 0 Å². The molecule has 0 atom stereocenters. The highest BCUT2D eigenvalue weighted by Gasteiger charge is 2.11. The lowest BCUT2D eigenvalue weighted by atomic mass is 9.87. The minimum atomic E-state index is -1.42. The van der Waals surface area contributed by atoms with E-state index < -0.39 is 7.12 Å². The molecule has 0 aliphatic rings. The van der Waals surface area contributed by atoms with Crippen LogP contribution in [0.15, 0.2) is 11.4 Å². The van der Waals surface area contributed by atoms with Crippen molar-refractivity contribution in [2.45, 2.75) is 0 Å². The van der Waals surface area contributed by atoms with Gasteiger partial charge in [-0.2, -0.15) is 0 Å². The topological polar surface area (TPSA) is 53.4 Å². The Labute approximate surface area is 50.9 Å². The second kappa shape index (κ2) is 2.26. The number of nitrogens with zero attached hydrogens (tertiary/aromatic N) is 1. The molecule has 1 heterocycles. The summed E-state index contributed by atoms with van der Waals surface area (Å²) < 4.78 is 3.66. The standard InChI is InChI=1S/C3H4BNO2S/c6-4(7)3-1-2-8-5-3/h1-2,6-7H. The Bertz CT molecular complexity index is 152. The van der Waals surface area contributed by atoms with Gasteiger partial charge < -0.3 is 10.0 Å². The van der Waals surface area contributed by atoms with Crippen LogP contribution in [0.4, 0.5) is 0 Å². The van der Waals surface area contributed by atoms with Crippen molar-refractivity contribution in [1.82, 2.24) is 4.37 Å². The second-order valence-corrected chi connectivity index (χ2v) is 1.96. The van der Waals surface area contributed by atoms with Gasteiger partial charge in [0.05, 0.1) is 5.59 Å². The van der Waals surface area contributed by atoms with E-state index in [9.17, 15) is 0 Å². The van der Waals surface area contributed by atoms with E-state index in [1.54, 1.807) is 11.4 Å². The van der Waals surface area contributed by atoms with Crippen molar-refractivity contribution in [2.75, 3.05) is 0 Å². The van der Waals surface area contributed by atoms with Crippen LogP contribution in [0.3, 0.4) is 0 Å². The van der Waals surface area contributed by atoms with Crippen LogP contribution in [0.1, 0.15) is 0 Å². The fraction of sp³-hybridized carbons (Fsp3) is 0. The van der Waals surface area contributed by atoms with Crippen molar-refractivity contribution in [3.63, 3.8) is 0 Å². The number of aromatic nitrogens is 1. The molecule has 3 nitrogen and oxygen atoms in total. The van der Waals surface area contributed by atoms with Crippen molar-refractivity contribution in [1.29, 1.82) is 0 Å². The summed E-state index contributed by atoms with van der Waals surface area (Å²) in [6, 6.07) is 1.56. The van der Waals surface area contributed by atoms with E-state index in [4.69, 9.17) is 10.0 Å².